The number of hydrogen-bond donors (Lipinski definition) is 0. The lowest BCUT2D eigenvalue weighted by Crippen LogP contribution is -2.42. The third-order valence-corrected chi connectivity index (χ3v) is 4.35. The summed E-state index contributed by atoms with van der Waals surface area (Å²) in [7, 11) is 0. The van der Waals surface area contributed by atoms with Crippen molar-refractivity contribution in [2.24, 2.45) is 0 Å². The van der Waals surface area contributed by atoms with Crippen LogP contribution >= 0.6 is 0 Å². The third kappa shape index (κ3) is 2.12. The zero-order valence-electron chi connectivity index (χ0n) is 12.7. The monoisotopic (exact) mass is 289 g/mol. The number of rotatable bonds is 2. The summed E-state index contributed by atoms with van der Waals surface area (Å²) in [6.07, 6.45) is 1.04. The Morgan fingerprint density at radius 2 is 1.73 bits per heavy atom. The SMILES string of the molecule is CCC1Oc2ccccc2CN1c1cccc2ccccc12. The van der Waals surface area contributed by atoms with Crippen LogP contribution in [0.15, 0.2) is 66.7 Å². The summed E-state index contributed by atoms with van der Waals surface area (Å²) in [6.45, 7) is 3.07. The molecule has 0 aromatic heterocycles. The topological polar surface area (TPSA) is 12.5 Å². The molecule has 110 valence electrons. The lowest BCUT2D eigenvalue weighted by atomic mass is 10.1. The minimum atomic E-state index is 0.0840. The fraction of sp³-hybridized carbons (Fsp3) is 0.200. The van der Waals surface area contributed by atoms with E-state index in [1.807, 2.05) is 6.07 Å². The first-order valence-electron chi connectivity index (χ1n) is 7.86. The van der Waals surface area contributed by atoms with Crippen LogP contribution in [-0.4, -0.2) is 6.23 Å². The fourth-order valence-electron chi connectivity index (χ4n) is 3.25. The fourth-order valence-corrected chi connectivity index (χ4v) is 3.25. The molecule has 0 N–H and O–H groups in total. The van der Waals surface area contributed by atoms with Crippen LogP contribution < -0.4 is 9.64 Å². The van der Waals surface area contributed by atoms with Crippen LogP contribution in [0.4, 0.5) is 5.69 Å². The summed E-state index contributed by atoms with van der Waals surface area (Å²) in [5, 5.41) is 2.56. The Morgan fingerprint density at radius 1 is 0.955 bits per heavy atom. The molecule has 22 heavy (non-hydrogen) atoms. The van der Waals surface area contributed by atoms with Crippen LogP contribution in [0.5, 0.6) is 5.75 Å². The van der Waals surface area contributed by atoms with E-state index in [-0.39, 0.29) is 6.23 Å². The van der Waals surface area contributed by atoms with Gasteiger partial charge in [-0.3, -0.25) is 0 Å². The minimum absolute atomic E-state index is 0.0840. The molecule has 2 heteroatoms. The standard InChI is InChI=1S/C20H19NO/c1-2-20-21(14-16-9-4-6-13-19(16)22-20)18-12-7-10-15-8-3-5-11-17(15)18/h3-13,20H,2,14H2,1H3. The lowest BCUT2D eigenvalue weighted by Gasteiger charge is -2.38. The minimum Gasteiger partial charge on any atom is -0.470 e. The van der Waals surface area contributed by atoms with Crippen molar-refractivity contribution in [1.29, 1.82) is 0 Å². The first-order chi connectivity index (χ1) is 10.9. The Morgan fingerprint density at radius 3 is 2.64 bits per heavy atom. The highest BCUT2D eigenvalue weighted by Crippen LogP contribution is 2.35. The molecule has 1 unspecified atom stereocenters. The summed E-state index contributed by atoms with van der Waals surface area (Å²) in [5.74, 6) is 1.02. The largest absolute Gasteiger partial charge is 0.470 e. The first-order valence-corrected chi connectivity index (χ1v) is 7.86. The van der Waals surface area contributed by atoms with Gasteiger partial charge in [-0.25, -0.2) is 0 Å². The van der Waals surface area contributed by atoms with Gasteiger partial charge in [-0.1, -0.05) is 61.5 Å². The molecule has 0 aliphatic carbocycles. The molecular weight excluding hydrogens is 270 g/mol. The van der Waals surface area contributed by atoms with Crippen LogP contribution in [0.1, 0.15) is 18.9 Å². The van der Waals surface area contributed by atoms with Gasteiger partial charge in [0.1, 0.15) is 5.75 Å². The third-order valence-electron chi connectivity index (χ3n) is 4.35. The van der Waals surface area contributed by atoms with E-state index in [0.29, 0.717) is 0 Å². The number of fused-ring (bicyclic) bond motifs is 2. The summed E-state index contributed by atoms with van der Waals surface area (Å²) in [4.78, 5) is 2.38. The molecule has 1 aliphatic rings. The van der Waals surface area contributed by atoms with Crippen molar-refractivity contribution in [2.75, 3.05) is 4.90 Å². The van der Waals surface area contributed by atoms with E-state index in [1.54, 1.807) is 0 Å². The molecule has 1 aliphatic heterocycles. The zero-order valence-corrected chi connectivity index (χ0v) is 12.7. The molecule has 0 radical (unpaired) electrons. The van der Waals surface area contributed by atoms with Crippen LogP contribution in [0, 0.1) is 0 Å². The van der Waals surface area contributed by atoms with Crippen molar-refractivity contribution in [3.8, 4) is 5.75 Å². The molecule has 0 fully saturated rings. The first kappa shape index (κ1) is 13.2. The summed E-state index contributed by atoms with van der Waals surface area (Å²) in [5.41, 5.74) is 2.50. The Labute approximate surface area is 130 Å². The van der Waals surface area contributed by atoms with Crippen molar-refractivity contribution in [1.82, 2.24) is 0 Å². The normalized spacial score (nSPS) is 17.1. The van der Waals surface area contributed by atoms with Crippen LogP contribution in [0.2, 0.25) is 0 Å². The van der Waals surface area contributed by atoms with Crippen molar-refractivity contribution in [2.45, 2.75) is 26.1 Å². The van der Waals surface area contributed by atoms with Gasteiger partial charge in [-0.2, -0.15) is 0 Å². The molecule has 0 spiro atoms. The van der Waals surface area contributed by atoms with Crippen molar-refractivity contribution in [3.05, 3.63) is 72.3 Å². The van der Waals surface area contributed by atoms with Crippen molar-refractivity contribution >= 4 is 16.5 Å². The molecule has 0 amide bonds. The van der Waals surface area contributed by atoms with Gasteiger partial charge in [-0.05, 0) is 17.5 Å². The lowest BCUT2D eigenvalue weighted by molar-refractivity contribution is 0.172. The summed E-state index contributed by atoms with van der Waals surface area (Å²) in [6, 6.07) is 23.4. The van der Waals surface area contributed by atoms with Gasteiger partial charge >= 0.3 is 0 Å². The van der Waals surface area contributed by atoms with E-state index < -0.39 is 0 Å². The Hall–Kier alpha value is -2.48. The maximum atomic E-state index is 6.22. The second-order valence-electron chi connectivity index (χ2n) is 5.71. The van der Waals surface area contributed by atoms with Crippen molar-refractivity contribution in [3.63, 3.8) is 0 Å². The Bertz CT molecular complexity index is 806. The smallest absolute Gasteiger partial charge is 0.172 e. The molecule has 4 rings (SSSR count). The molecule has 2 nitrogen and oxygen atoms in total. The maximum absolute atomic E-state index is 6.22. The zero-order chi connectivity index (χ0) is 14.9. The van der Waals surface area contributed by atoms with Crippen molar-refractivity contribution < 1.29 is 4.74 Å². The number of hydrogen-bond acceptors (Lipinski definition) is 2. The quantitative estimate of drug-likeness (QED) is 0.660. The predicted octanol–water partition coefficient (Wildman–Crippen LogP) is 4.97. The summed E-state index contributed by atoms with van der Waals surface area (Å²) >= 11 is 0. The molecular formula is C20H19NO. The maximum Gasteiger partial charge on any atom is 0.172 e. The molecule has 0 saturated heterocycles. The van der Waals surface area contributed by atoms with Crippen LogP contribution in [-0.2, 0) is 6.54 Å². The number of ether oxygens (including phenoxy) is 1. The number of nitrogens with zero attached hydrogens (tertiary/aromatic N) is 1. The highest BCUT2D eigenvalue weighted by Gasteiger charge is 2.26. The van der Waals surface area contributed by atoms with Gasteiger partial charge in [0.25, 0.3) is 0 Å². The van der Waals surface area contributed by atoms with Gasteiger partial charge in [0, 0.05) is 23.1 Å². The second-order valence-corrected chi connectivity index (χ2v) is 5.71. The van der Waals surface area contributed by atoms with Gasteiger partial charge < -0.3 is 9.64 Å². The van der Waals surface area contributed by atoms with Gasteiger partial charge in [0.05, 0.1) is 6.54 Å². The van der Waals surface area contributed by atoms with E-state index in [9.17, 15) is 0 Å². The number of para-hydroxylation sites is 1. The number of anilines is 1. The van der Waals surface area contributed by atoms with Gasteiger partial charge in [0.15, 0.2) is 6.23 Å². The van der Waals surface area contributed by atoms with E-state index in [2.05, 4.69) is 72.5 Å². The van der Waals surface area contributed by atoms with Crippen LogP contribution in [0.3, 0.4) is 0 Å². The van der Waals surface area contributed by atoms with E-state index >= 15 is 0 Å². The van der Waals surface area contributed by atoms with E-state index in [4.69, 9.17) is 4.74 Å². The molecule has 1 heterocycles. The molecule has 3 aromatic carbocycles. The van der Waals surface area contributed by atoms with E-state index in [0.717, 1.165) is 18.7 Å². The average molecular weight is 289 g/mol. The molecule has 3 aromatic rings. The molecule has 0 saturated carbocycles. The Kier molecular flexibility index (Phi) is 3.23. The molecule has 0 bridgehead atoms. The Balaban J connectivity index is 1.83. The van der Waals surface area contributed by atoms with Gasteiger partial charge in [-0.15, -0.1) is 0 Å². The highest BCUT2D eigenvalue weighted by atomic mass is 16.5. The highest BCUT2D eigenvalue weighted by molar-refractivity contribution is 5.94. The predicted molar refractivity (Wildman–Crippen MR) is 91.3 cm³/mol. The summed E-state index contributed by atoms with van der Waals surface area (Å²) < 4.78 is 6.22. The molecule has 1 atom stereocenters. The van der Waals surface area contributed by atoms with Crippen LogP contribution in [0.25, 0.3) is 10.8 Å². The van der Waals surface area contributed by atoms with E-state index in [1.165, 1.54) is 22.0 Å². The average Bonchev–Trinajstić information content (AvgIpc) is 2.60. The second kappa shape index (κ2) is 5.38. The van der Waals surface area contributed by atoms with Gasteiger partial charge in [0.2, 0.25) is 0 Å². The number of benzene rings is 3.